The van der Waals surface area contributed by atoms with Crippen molar-refractivity contribution in [2.75, 3.05) is 0 Å². The summed E-state index contributed by atoms with van der Waals surface area (Å²) in [6.07, 6.45) is 5.38. The van der Waals surface area contributed by atoms with Crippen LogP contribution < -0.4 is 0 Å². The lowest BCUT2D eigenvalue weighted by molar-refractivity contribution is -0.130. The summed E-state index contributed by atoms with van der Waals surface area (Å²) in [6.45, 7) is 8.30. The van der Waals surface area contributed by atoms with E-state index in [1.165, 1.54) is 6.42 Å². The Kier molecular flexibility index (Phi) is 5.03. The number of nitrogens with zero attached hydrogens (tertiary/aromatic N) is 1. The zero-order chi connectivity index (χ0) is 12.3. The first-order chi connectivity index (χ1) is 7.45. The number of hydrogen-bond donors (Lipinski definition) is 0. The fourth-order valence-corrected chi connectivity index (χ4v) is 2.98. The van der Waals surface area contributed by atoms with Crippen LogP contribution in [0.4, 0.5) is 0 Å². The van der Waals surface area contributed by atoms with Gasteiger partial charge in [-0.1, -0.05) is 22.0 Å². The molecule has 0 radical (unpaired) electrons. The van der Waals surface area contributed by atoms with Crippen LogP contribution >= 0.6 is 15.9 Å². The maximum Gasteiger partial charge on any atom is 0.251 e. The predicted octanol–water partition coefficient (Wildman–Crippen LogP) is 3.51. The van der Waals surface area contributed by atoms with Crippen molar-refractivity contribution in [2.24, 2.45) is 0 Å². The minimum Gasteiger partial charge on any atom is -0.334 e. The van der Waals surface area contributed by atoms with Crippen molar-refractivity contribution in [3.63, 3.8) is 0 Å². The number of halogens is 1. The molecule has 0 saturated heterocycles. The first-order valence-electron chi connectivity index (χ1n) is 6.12. The molecule has 0 N–H and O–H groups in total. The molecule has 0 aromatic rings. The van der Waals surface area contributed by atoms with E-state index < -0.39 is 0 Å². The summed E-state index contributed by atoms with van der Waals surface area (Å²) >= 11 is 3.61. The average molecular weight is 288 g/mol. The molecule has 3 heteroatoms. The number of carbonyl (C=O) groups excluding carboxylic acids is 1. The Hall–Kier alpha value is -0.310. The molecule has 1 unspecified atom stereocenters. The van der Waals surface area contributed by atoms with Gasteiger partial charge in [0.05, 0.1) is 0 Å². The van der Waals surface area contributed by atoms with Crippen molar-refractivity contribution in [1.82, 2.24) is 4.90 Å². The monoisotopic (exact) mass is 287 g/mol. The van der Waals surface area contributed by atoms with Crippen LogP contribution in [0.2, 0.25) is 0 Å². The molecule has 0 aromatic carbocycles. The maximum absolute atomic E-state index is 12.4. The Morgan fingerprint density at radius 1 is 1.38 bits per heavy atom. The molecule has 1 aliphatic carbocycles. The van der Waals surface area contributed by atoms with Crippen molar-refractivity contribution in [1.29, 1.82) is 0 Å². The number of carbonyl (C=O) groups is 1. The van der Waals surface area contributed by atoms with Crippen LogP contribution in [0.5, 0.6) is 0 Å². The molecule has 92 valence electrons. The molecule has 0 bridgehead atoms. The van der Waals surface area contributed by atoms with Gasteiger partial charge in [-0.25, -0.2) is 0 Å². The minimum absolute atomic E-state index is 0.201. The first-order valence-corrected chi connectivity index (χ1v) is 7.03. The van der Waals surface area contributed by atoms with Crippen LogP contribution in [0.3, 0.4) is 0 Å². The Bertz CT molecular complexity index is 276. The van der Waals surface area contributed by atoms with Crippen LogP contribution in [0.25, 0.3) is 0 Å². The standard InChI is InChI=1S/C13H22BrNO/c1-9(2)15(10(3)4)13(16)11-7-5-6-8-12(11)14/h7,9-10,12H,5-6,8H2,1-4H3. The molecular weight excluding hydrogens is 266 g/mol. The van der Waals surface area contributed by atoms with Crippen LogP contribution in [-0.4, -0.2) is 27.7 Å². The molecule has 0 aliphatic heterocycles. The molecule has 1 amide bonds. The fraction of sp³-hybridized carbons (Fsp3) is 0.769. The molecule has 0 heterocycles. The van der Waals surface area contributed by atoms with Gasteiger partial charge >= 0.3 is 0 Å². The SMILES string of the molecule is CC(C)N(C(=O)C1=CCCCC1Br)C(C)C. The second-order valence-corrected chi connectivity index (χ2v) is 6.06. The molecule has 0 spiro atoms. The van der Waals surface area contributed by atoms with E-state index in [1.807, 2.05) is 4.90 Å². The lowest BCUT2D eigenvalue weighted by Gasteiger charge is -2.33. The highest BCUT2D eigenvalue weighted by atomic mass is 79.9. The van der Waals surface area contributed by atoms with E-state index in [-0.39, 0.29) is 22.8 Å². The van der Waals surface area contributed by atoms with Gasteiger partial charge in [0.1, 0.15) is 0 Å². The van der Waals surface area contributed by atoms with Gasteiger partial charge in [-0.05, 0) is 47.0 Å². The Morgan fingerprint density at radius 3 is 2.38 bits per heavy atom. The van der Waals surface area contributed by atoms with Gasteiger partial charge in [-0.2, -0.15) is 0 Å². The maximum atomic E-state index is 12.4. The van der Waals surface area contributed by atoms with E-state index >= 15 is 0 Å². The highest BCUT2D eigenvalue weighted by Crippen LogP contribution is 2.27. The fourth-order valence-electron chi connectivity index (χ4n) is 2.27. The van der Waals surface area contributed by atoms with E-state index in [0.717, 1.165) is 18.4 Å². The first kappa shape index (κ1) is 13.8. The molecule has 1 rings (SSSR count). The number of hydrogen-bond acceptors (Lipinski definition) is 1. The van der Waals surface area contributed by atoms with Crippen molar-refractivity contribution < 1.29 is 4.79 Å². The van der Waals surface area contributed by atoms with Crippen molar-refractivity contribution in [3.8, 4) is 0 Å². The normalized spacial score (nSPS) is 21.2. The number of amides is 1. The summed E-state index contributed by atoms with van der Waals surface area (Å²) < 4.78 is 0. The van der Waals surface area contributed by atoms with E-state index in [9.17, 15) is 4.79 Å². The summed E-state index contributed by atoms with van der Waals surface area (Å²) in [6, 6.07) is 0.519. The van der Waals surface area contributed by atoms with Crippen LogP contribution in [0, 0.1) is 0 Å². The van der Waals surface area contributed by atoms with Crippen molar-refractivity contribution in [3.05, 3.63) is 11.6 Å². The number of allylic oxidation sites excluding steroid dienone is 1. The van der Waals surface area contributed by atoms with Crippen LogP contribution in [0.1, 0.15) is 47.0 Å². The Balaban J connectivity index is 2.86. The zero-order valence-electron chi connectivity index (χ0n) is 10.7. The quantitative estimate of drug-likeness (QED) is 0.728. The topological polar surface area (TPSA) is 20.3 Å². The lowest BCUT2D eigenvalue weighted by Crippen LogP contribution is -2.44. The molecule has 0 saturated carbocycles. The molecule has 0 fully saturated rings. The predicted molar refractivity (Wildman–Crippen MR) is 71.8 cm³/mol. The third-order valence-electron chi connectivity index (χ3n) is 2.96. The molecular formula is C13H22BrNO. The Labute approximate surface area is 107 Å². The number of rotatable bonds is 3. The summed E-state index contributed by atoms with van der Waals surface area (Å²) in [4.78, 5) is 14.6. The molecule has 16 heavy (non-hydrogen) atoms. The van der Waals surface area contributed by atoms with Gasteiger partial charge < -0.3 is 4.90 Å². The molecule has 2 nitrogen and oxygen atoms in total. The summed E-state index contributed by atoms with van der Waals surface area (Å²) in [7, 11) is 0. The van der Waals surface area contributed by atoms with Gasteiger partial charge in [0.25, 0.3) is 5.91 Å². The second kappa shape index (κ2) is 5.85. The third kappa shape index (κ3) is 3.09. The largest absolute Gasteiger partial charge is 0.334 e. The minimum atomic E-state index is 0.201. The number of alkyl halides is 1. The molecule has 1 atom stereocenters. The van der Waals surface area contributed by atoms with Crippen molar-refractivity contribution in [2.45, 2.75) is 63.9 Å². The van der Waals surface area contributed by atoms with E-state index in [1.54, 1.807) is 0 Å². The third-order valence-corrected chi connectivity index (χ3v) is 3.91. The van der Waals surface area contributed by atoms with Gasteiger partial charge in [0.2, 0.25) is 0 Å². The van der Waals surface area contributed by atoms with Crippen LogP contribution in [0.15, 0.2) is 11.6 Å². The second-order valence-electron chi connectivity index (χ2n) is 4.96. The summed E-state index contributed by atoms with van der Waals surface area (Å²) in [5.41, 5.74) is 0.952. The van der Waals surface area contributed by atoms with Crippen LogP contribution in [-0.2, 0) is 4.79 Å². The molecule has 0 aromatic heterocycles. The highest BCUT2D eigenvalue weighted by Gasteiger charge is 2.28. The summed E-state index contributed by atoms with van der Waals surface area (Å²) in [5, 5.41) is 0. The van der Waals surface area contributed by atoms with Gasteiger partial charge in [-0.15, -0.1) is 0 Å². The van der Waals surface area contributed by atoms with Gasteiger partial charge in [0, 0.05) is 22.5 Å². The van der Waals surface area contributed by atoms with Crippen molar-refractivity contribution >= 4 is 21.8 Å². The smallest absolute Gasteiger partial charge is 0.251 e. The Morgan fingerprint density at radius 2 is 1.94 bits per heavy atom. The van der Waals surface area contributed by atoms with E-state index in [0.29, 0.717) is 0 Å². The van der Waals surface area contributed by atoms with Gasteiger partial charge in [-0.3, -0.25) is 4.79 Å². The van der Waals surface area contributed by atoms with E-state index in [4.69, 9.17) is 0 Å². The summed E-state index contributed by atoms with van der Waals surface area (Å²) in [5.74, 6) is 0.201. The zero-order valence-corrected chi connectivity index (χ0v) is 12.3. The lowest BCUT2D eigenvalue weighted by atomic mass is 9.97. The molecule has 1 aliphatic rings. The van der Waals surface area contributed by atoms with Gasteiger partial charge in [0.15, 0.2) is 0 Å². The average Bonchev–Trinajstić information content (AvgIpc) is 2.16. The highest BCUT2D eigenvalue weighted by molar-refractivity contribution is 9.09. The van der Waals surface area contributed by atoms with E-state index in [2.05, 4.69) is 49.7 Å².